The summed E-state index contributed by atoms with van der Waals surface area (Å²) in [6.45, 7) is 2.25. The van der Waals surface area contributed by atoms with E-state index in [1.807, 2.05) is 6.07 Å². The minimum Gasteiger partial charge on any atom is -0.465 e. The van der Waals surface area contributed by atoms with E-state index >= 15 is 0 Å². The Hall–Kier alpha value is -1.95. The summed E-state index contributed by atoms with van der Waals surface area (Å²) in [5.41, 5.74) is 4.80. The molecule has 2 amide bonds. The highest BCUT2D eigenvalue weighted by atomic mass is 19.3. The summed E-state index contributed by atoms with van der Waals surface area (Å²) in [7, 11) is 0. The SMILES string of the molecule is CC(F)(F)C[C@H](N)C(=O)NC1(C#N)CC1.O=C(O)N1CCCC2(CCCCC2)C1. The molecule has 0 bridgehead atoms. The van der Waals surface area contributed by atoms with Crippen LogP contribution in [0.15, 0.2) is 0 Å². The average Bonchev–Trinajstić information content (AvgIpc) is 3.41. The van der Waals surface area contributed by atoms with Gasteiger partial charge in [0.1, 0.15) is 5.54 Å². The Balaban J connectivity index is 0.000000207. The Morgan fingerprint density at radius 2 is 1.79 bits per heavy atom. The summed E-state index contributed by atoms with van der Waals surface area (Å²) >= 11 is 0. The van der Waals surface area contributed by atoms with Gasteiger partial charge in [-0.05, 0) is 50.9 Å². The van der Waals surface area contributed by atoms with Crippen LogP contribution in [0.1, 0.15) is 71.1 Å². The number of hydrogen-bond acceptors (Lipinski definition) is 4. The van der Waals surface area contributed by atoms with Gasteiger partial charge in [-0.15, -0.1) is 0 Å². The minimum absolute atomic E-state index is 0.356. The Morgan fingerprint density at radius 1 is 1.21 bits per heavy atom. The molecular formula is C20H32F2N4O3. The highest BCUT2D eigenvalue weighted by molar-refractivity contribution is 5.83. The maximum atomic E-state index is 12.5. The number of nitrogens with two attached hydrogens (primary N) is 1. The number of alkyl halides is 2. The van der Waals surface area contributed by atoms with E-state index in [4.69, 9.17) is 16.1 Å². The Labute approximate surface area is 170 Å². The number of amides is 2. The average molecular weight is 414 g/mol. The van der Waals surface area contributed by atoms with Gasteiger partial charge in [0.05, 0.1) is 12.1 Å². The first-order chi connectivity index (χ1) is 13.5. The van der Waals surface area contributed by atoms with E-state index in [0.29, 0.717) is 25.2 Å². The van der Waals surface area contributed by atoms with Crippen LogP contribution in [0.4, 0.5) is 13.6 Å². The standard InChI is InChI=1S/C11H19NO2.C9H13F2N3O/c13-10(14)12-8-4-7-11(9-12)5-2-1-3-6-11;1-8(10,11)4-6(13)7(15)14-9(5-12)2-3-9/h1-9H2,(H,13,14);6H,2-4,13H2,1H3,(H,14,15)/t;6-/m.0/s1. The van der Waals surface area contributed by atoms with E-state index in [-0.39, 0.29) is 0 Å². The van der Waals surface area contributed by atoms with Gasteiger partial charge in [0, 0.05) is 19.5 Å². The molecule has 1 heterocycles. The molecule has 0 aromatic carbocycles. The normalized spacial score (nSPS) is 23.2. The van der Waals surface area contributed by atoms with Gasteiger partial charge < -0.3 is 21.1 Å². The molecule has 0 radical (unpaired) electrons. The van der Waals surface area contributed by atoms with Crippen LogP contribution in [0.25, 0.3) is 0 Å². The molecule has 3 fully saturated rings. The molecule has 1 atom stereocenters. The number of carboxylic acid groups (broad SMARTS) is 1. The van der Waals surface area contributed by atoms with Gasteiger partial charge in [0.15, 0.2) is 0 Å². The molecule has 4 N–H and O–H groups in total. The van der Waals surface area contributed by atoms with Crippen LogP contribution in [-0.2, 0) is 4.79 Å². The Morgan fingerprint density at radius 3 is 2.28 bits per heavy atom. The van der Waals surface area contributed by atoms with Crippen molar-refractivity contribution in [2.75, 3.05) is 13.1 Å². The monoisotopic (exact) mass is 414 g/mol. The second-order valence-electron chi connectivity index (χ2n) is 8.93. The Kier molecular flexibility index (Phi) is 7.44. The third-order valence-corrected chi connectivity index (χ3v) is 6.09. The first-order valence-electron chi connectivity index (χ1n) is 10.3. The number of halogens is 2. The second kappa shape index (κ2) is 9.24. The van der Waals surface area contributed by atoms with Crippen LogP contribution in [0, 0.1) is 16.7 Å². The number of likely N-dealkylation sites (tertiary alicyclic amines) is 1. The molecule has 0 aromatic rings. The fourth-order valence-electron chi connectivity index (χ4n) is 4.28. The maximum absolute atomic E-state index is 12.5. The smallest absolute Gasteiger partial charge is 0.407 e. The number of hydrogen-bond donors (Lipinski definition) is 3. The number of rotatable bonds is 4. The van der Waals surface area contributed by atoms with E-state index in [0.717, 1.165) is 19.5 Å². The van der Waals surface area contributed by atoms with Crippen LogP contribution < -0.4 is 11.1 Å². The first kappa shape index (κ1) is 23.3. The van der Waals surface area contributed by atoms with Crippen LogP contribution in [-0.4, -0.2) is 52.6 Å². The topological polar surface area (TPSA) is 119 Å². The lowest BCUT2D eigenvalue weighted by Gasteiger charge is -2.44. The van der Waals surface area contributed by atoms with Crippen molar-refractivity contribution in [3.05, 3.63) is 0 Å². The van der Waals surface area contributed by atoms with E-state index < -0.39 is 35.9 Å². The third kappa shape index (κ3) is 7.11. The van der Waals surface area contributed by atoms with Crippen LogP contribution in [0.2, 0.25) is 0 Å². The van der Waals surface area contributed by atoms with Crippen molar-refractivity contribution in [2.45, 2.75) is 88.6 Å². The zero-order chi connectivity index (χ0) is 21.7. The lowest BCUT2D eigenvalue weighted by Crippen LogP contribution is -2.48. The van der Waals surface area contributed by atoms with E-state index in [2.05, 4.69) is 5.32 Å². The summed E-state index contributed by atoms with van der Waals surface area (Å²) in [5, 5.41) is 20.0. The zero-order valence-corrected chi connectivity index (χ0v) is 17.1. The Bertz CT molecular complexity index is 629. The molecule has 2 saturated carbocycles. The molecule has 7 nitrogen and oxygen atoms in total. The largest absolute Gasteiger partial charge is 0.465 e. The molecule has 1 aliphatic heterocycles. The van der Waals surface area contributed by atoms with E-state index in [9.17, 15) is 18.4 Å². The van der Waals surface area contributed by atoms with Crippen LogP contribution in [0.5, 0.6) is 0 Å². The van der Waals surface area contributed by atoms with Crippen molar-refractivity contribution in [2.24, 2.45) is 11.1 Å². The first-order valence-corrected chi connectivity index (χ1v) is 10.3. The molecule has 1 saturated heterocycles. The van der Waals surface area contributed by atoms with E-state index in [1.165, 1.54) is 38.5 Å². The summed E-state index contributed by atoms with van der Waals surface area (Å²) in [4.78, 5) is 23.8. The molecule has 29 heavy (non-hydrogen) atoms. The molecular weight excluding hydrogens is 382 g/mol. The van der Waals surface area contributed by atoms with Gasteiger partial charge in [-0.3, -0.25) is 4.79 Å². The van der Waals surface area contributed by atoms with E-state index in [1.54, 1.807) is 4.90 Å². The van der Waals surface area contributed by atoms with Gasteiger partial charge in [-0.25, -0.2) is 13.6 Å². The summed E-state index contributed by atoms with van der Waals surface area (Å²) in [5.74, 6) is -3.66. The second-order valence-corrected chi connectivity index (χ2v) is 8.93. The predicted molar refractivity (Wildman–Crippen MR) is 103 cm³/mol. The lowest BCUT2D eigenvalue weighted by molar-refractivity contribution is -0.125. The zero-order valence-electron chi connectivity index (χ0n) is 17.1. The van der Waals surface area contributed by atoms with Gasteiger partial charge in [-0.2, -0.15) is 5.26 Å². The highest BCUT2D eigenvalue weighted by Gasteiger charge is 2.45. The van der Waals surface area contributed by atoms with Crippen LogP contribution in [0.3, 0.4) is 0 Å². The molecule has 164 valence electrons. The number of carbonyl (C=O) groups excluding carboxylic acids is 1. The van der Waals surface area contributed by atoms with Gasteiger partial charge in [0.25, 0.3) is 0 Å². The third-order valence-electron chi connectivity index (χ3n) is 6.09. The number of nitrogens with zero attached hydrogens (tertiary/aromatic N) is 2. The predicted octanol–water partition coefficient (Wildman–Crippen LogP) is 3.24. The number of carbonyl (C=O) groups is 2. The van der Waals surface area contributed by atoms with Crippen molar-refractivity contribution in [1.82, 2.24) is 10.2 Å². The van der Waals surface area contributed by atoms with Gasteiger partial charge in [0.2, 0.25) is 11.8 Å². The quantitative estimate of drug-likeness (QED) is 0.652. The lowest BCUT2D eigenvalue weighted by atomic mass is 9.69. The summed E-state index contributed by atoms with van der Waals surface area (Å²) in [6.07, 6.45) is 8.43. The molecule has 3 aliphatic rings. The highest BCUT2D eigenvalue weighted by Crippen LogP contribution is 2.43. The maximum Gasteiger partial charge on any atom is 0.407 e. The summed E-state index contributed by atoms with van der Waals surface area (Å²) in [6, 6.07) is 0.658. The van der Waals surface area contributed by atoms with Crippen molar-refractivity contribution >= 4 is 12.0 Å². The fourth-order valence-corrected chi connectivity index (χ4v) is 4.28. The van der Waals surface area contributed by atoms with Crippen molar-refractivity contribution < 1.29 is 23.5 Å². The summed E-state index contributed by atoms with van der Waals surface area (Å²) < 4.78 is 25.1. The van der Waals surface area contributed by atoms with Crippen molar-refractivity contribution in [1.29, 1.82) is 5.26 Å². The van der Waals surface area contributed by atoms with Crippen molar-refractivity contribution in [3.8, 4) is 6.07 Å². The molecule has 1 spiro atoms. The number of nitrogens with one attached hydrogen (secondary N) is 1. The van der Waals surface area contributed by atoms with Gasteiger partial charge in [-0.1, -0.05) is 19.3 Å². The molecule has 9 heteroatoms. The minimum atomic E-state index is -2.97. The van der Waals surface area contributed by atoms with Crippen molar-refractivity contribution in [3.63, 3.8) is 0 Å². The molecule has 0 aromatic heterocycles. The van der Waals surface area contributed by atoms with Crippen LogP contribution >= 0.6 is 0 Å². The number of piperidine rings is 1. The molecule has 0 unspecified atom stereocenters. The fraction of sp³-hybridized carbons (Fsp3) is 0.850. The van der Waals surface area contributed by atoms with Gasteiger partial charge >= 0.3 is 6.09 Å². The molecule has 2 aliphatic carbocycles. The molecule has 3 rings (SSSR count). The number of nitriles is 1.